The number of esters is 1. The number of rotatable bonds is 5. The molecule has 1 unspecified atom stereocenters. The number of carbonyl (C=O) groups is 2. The van der Waals surface area contributed by atoms with Crippen LogP contribution in [0, 0.1) is 11.7 Å². The van der Waals surface area contributed by atoms with Gasteiger partial charge in [-0.15, -0.1) is 0 Å². The van der Waals surface area contributed by atoms with Gasteiger partial charge in [0, 0.05) is 4.47 Å². The van der Waals surface area contributed by atoms with E-state index in [-0.39, 0.29) is 21.6 Å². The van der Waals surface area contributed by atoms with Gasteiger partial charge in [0.1, 0.15) is 11.9 Å². The van der Waals surface area contributed by atoms with Gasteiger partial charge < -0.3 is 15.8 Å². The quantitative estimate of drug-likeness (QED) is 0.624. The van der Waals surface area contributed by atoms with E-state index in [1.54, 1.807) is 0 Å². The van der Waals surface area contributed by atoms with E-state index in [0.29, 0.717) is 6.42 Å². The molecule has 1 aromatic rings. The molecule has 0 saturated heterocycles. The molecule has 0 aliphatic rings. The summed E-state index contributed by atoms with van der Waals surface area (Å²) in [7, 11) is 1.26. The van der Waals surface area contributed by atoms with Gasteiger partial charge in [-0.3, -0.25) is 4.79 Å². The summed E-state index contributed by atoms with van der Waals surface area (Å²) < 4.78 is 18.2. The van der Waals surface area contributed by atoms with Crippen molar-refractivity contribution < 1.29 is 18.7 Å². The van der Waals surface area contributed by atoms with E-state index in [9.17, 15) is 14.0 Å². The highest BCUT2D eigenvalue weighted by molar-refractivity contribution is 9.10. The van der Waals surface area contributed by atoms with Crippen molar-refractivity contribution in [1.82, 2.24) is 5.32 Å². The molecule has 1 amide bonds. The number of anilines is 1. The summed E-state index contributed by atoms with van der Waals surface area (Å²) in [5, 5.41) is 2.58. The topological polar surface area (TPSA) is 81.4 Å². The van der Waals surface area contributed by atoms with Crippen LogP contribution in [-0.4, -0.2) is 25.0 Å². The van der Waals surface area contributed by atoms with E-state index in [2.05, 4.69) is 26.0 Å². The molecule has 5 nitrogen and oxygen atoms in total. The van der Waals surface area contributed by atoms with Crippen LogP contribution in [0.5, 0.6) is 0 Å². The number of halogens is 2. The maximum absolute atomic E-state index is 13.3. The van der Waals surface area contributed by atoms with Gasteiger partial charge in [-0.2, -0.15) is 0 Å². The molecule has 0 bridgehead atoms. The molecule has 3 N–H and O–H groups in total. The molecule has 0 aliphatic carbocycles. The van der Waals surface area contributed by atoms with Gasteiger partial charge in [0.2, 0.25) is 0 Å². The SMILES string of the molecule is COC(=O)C(CC(C)C)NC(=O)c1cc(N)c(F)cc1Br. The van der Waals surface area contributed by atoms with Crippen LogP contribution in [0.4, 0.5) is 10.1 Å². The molecule has 0 aliphatic heterocycles. The molecule has 1 rings (SSSR count). The van der Waals surface area contributed by atoms with E-state index in [1.165, 1.54) is 13.2 Å². The predicted octanol–water partition coefficient (Wildman–Crippen LogP) is 2.49. The second-order valence-electron chi connectivity index (χ2n) is 5.03. The highest BCUT2D eigenvalue weighted by Gasteiger charge is 2.24. The lowest BCUT2D eigenvalue weighted by Gasteiger charge is -2.18. The minimum absolute atomic E-state index is 0.137. The minimum Gasteiger partial charge on any atom is -0.467 e. The second-order valence-corrected chi connectivity index (χ2v) is 5.89. The number of benzene rings is 1. The number of ether oxygens (including phenoxy) is 1. The third-order valence-electron chi connectivity index (χ3n) is 2.83. The number of amides is 1. The Labute approximate surface area is 131 Å². The van der Waals surface area contributed by atoms with Gasteiger partial charge in [0.25, 0.3) is 5.91 Å². The van der Waals surface area contributed by atoms with Crippen molar-refractivity contribution in [3.8, 4) is 0 Å². The smallest absolute Gasteiger partial charge is 0.328 e. The number of methoxy groups -OCH3 is 1. The maximum Gasteiger partial charge on any atom is 0.328 e. The number of carbonyl (C=O) groups excluding carboxylic acids is 2. The zero-order chi connectivity index (χ0) is 16.2. The first-order valence-electron chi connectivity index (χ1n) is 6.39. The Morgan fingerprint density at radius 1 is 1.43 bits per heavy atom. The molecular weight excluding hydrogens is 343 g/mol. The largest absolute Gasteiger partial charge is 0.467 e. The Morgan fingerprint density at radius 2 is 2.05 bits per heavy atom. The van der Waals surface area contributed by atoms with Gasteiger partial charge in [0.15, 0.2) is 0 Å². The summed E-state index contributed by atoms with van der Waals surface area (Å²) in [6.45, 7) is 3.85. The van der Waals surface area contributed by atoms with E-state index in [0.717, 1.165) is 6.07 Å². The average molecular weight is 361 g/mol. The van der Waals surface area contributed by atoms with E-state index >= 15 is 0 Å². The fourth-order valence-corrected chi connectivity index (χ4v) is 2.30. The molecule has 0 aromatic heterocycles. The lowest BCUT2D eigenvalue weighted by Crippen LogP contribution is -2.42. The first kappa shape index (κ1) is 17.4. The van der Waals surface area contributed by atoms with Crippen molar-refractivity contribution >= 4 is 33.5 Å². The summed E-state index contributed by atoms with van der Waals surface area (Å²) >= 11 is 3.10. The van der Waals surface area contributed by atoms with Gasteiger partial charge in [0.05, 0.1) is 18.4 Å². The normalized spacial score (nSPS) is 12.1. The minimum atomic E-state index is -0.763. The van der Waals surface area contributed by atoms with Crippen LogP contribution in [0.15, 0.2) is 16.6 Å². The summed E-state index contributed by atoms with van der Waals surface area (Å²) in [5.41, 5.74) is 5.48. The van der Waals surface area contributed by atoms with Crippen molar-refractivity contribution in [2.75, 3.05) is 12.8 Å². The Bertz CT molecular complexity index is 549. The number of nitrogen functional groups attached to an aromatic ring is 1. The van der Waals surface area contributed by atoms with Crippen LogP contribution in [0.2, 0.25) is 0 Å². The molecule has 21 heavy (non-hydrogen) atoms. The third-order valence-corrected chi connectivity index (χ3v) is 3.49. The molecule has 0 saturated carbocycles. The van der Waals surface area contributed by atoms with Crippen molar-refractivity contribution in [3.63, 3.8) is 0 Å². The van der Waals surface area contributed by atoms with Gasteiger partial charge >= 0.3 is 5.97 Å². The summed E-state index contributed by atoms with van der Waals surface area (Å²) in [6.07, 6.45) is 0.437. The number of nitrogens with one attached hydrogen (secondary N) is 1. The van der Waals surface area contributed by atoms with Gasteiger partial charge in [-0.05, 0) is 40.4 Å². The maximum atomic E-state index is 13.3. The molecule has 7 heteroatoms. The zero-order valence-electron chi connectivity index (χ0n) is 12.1. The molecular formula is C14H18BrFN2O3. The summed E-state index contributed by atoms with van der Waals surface area (Å²) in [6, 6.07) is 1.57. The van der Waals surface area contributed by atoms with Crippen molar-refractivity contribution in [1.29, 1.82) is 0 Å². The number of nitrogens with two attached hydrogens (primary N) is 1. The van der Waals surface area contributed by atoms with Crippen molar-refractivity contribution in [3.05, 3.63) is 28.0 Å². The predicted molar refractivity (Wildman–Crippen MR) is 81.2 cm³/mol. The van der Waals surface area contributed by atoms with Crippen LogP contribution in [0.25, 0.3) is 0 Å². The van der Waals surface area contributed by atoms with E-state index in [1.807, 2.05) is 13.8 Å². The first-order valence-corrected chi connectivity index (χ1v) is 7.18. The number of hydrogen-bond acceptors (Lipinski definition) is 4. The Hall–Kier alpha value is -1.63. The van der Waals surface area contributed by atoms with Gasteiger partial charge in [-0.1, -0.05) is 13.8 Å². The Kier molecular flexibility index (Phi) is 6.14. The molecule has 1 aromatic carbocycles. The first-order chi connectivity index (χ1) is 9.76. The highest BCUT2D eigenvalue weighted by atomic mass is 79.9. The monoisotopic (exact) mass is 360 g/mol. The van der Waals surface area contributed by atoms with Gasteiger partial charge in [-0.25, -0.2) is 9.18 Å². The Balaban J connectivity index is 2.96. The lowest BCUT2D eigenvalue weighted by molar-refractivity contribution is -0.143. The molecule has 1 atom stereocenters. The second kappa shape index (κ2) is 7.40. The fraction of sp³-hybridized carbons (Fsp3) is 0.429. The van der Waals surface area contributed by atoms with Crippen LogP contribution in [-0.2, 0) is 9.53 Å². The van der Waals surface area contributed by atoms with E-state index in [4.69, 9.17) is 5.73 Å². The summed E-state index contributed by atoms with van der Waals surface area (Å²) in [4.78, 5) is 23.9. The van der Waals surface area contributed by atoms with Crippen molar-refractivity contribution in [2.45, 2.75) is 26.3 Å². The highest BCUT2D eigenvalue weighted by Crippen LogP contribution is 2.23. The Morgan fingerprint density at radius 3 is 2.57 bits per heavy atom. The third kappa shape index (κ3) is 4.70. The molecule has 0 heterocycles. The van der Waals surface area contributed by atoms with Crippen LogP contribution in [0.1, 0.15) is 30.6 Å². The molecule has 0 fully saturated rings. The molecule has 0 radical (unpaired) electrons. The van der Waals surface area contributed by atoms with Crippen LogP contribution in [0.3, 0.4) is 0 Å². The summed E-state index contributed by atoms with van der Waals surface area (Å²) in [5.74, 6) is -1.48. The van der Waals surface area contributed by atoms with E-state index < -0.39 is 23.7 Å². The van der Waals surface area contributed by atoms with Crippen molar-refractivity contribution in [2.24, 2.45) is 5.92 Å². The number of hydrogen-bond donors (Lipinski definition) is 2. The van der Waals surface area contributed by atoms with Crippen LogP contribution < -0.4 is 11.1 Å². The lowest BCUT2D eigenvalue weighted by atomic mass is 10.0. The molecule has 116 valence electrons. The molecule has 0 spiro atoms. The standard InChI is InChI=1S/C14H18BrFN2O3/c1-7(2)4-12(14(20)21-3)18-13(19)8-5-11(17)10(16)6-9(8)15/h5-7,12H,4,17H2,1-3H3,(H,18,19). The fourth-order valence-electron chi connectivity index (χ4n) is 1.80. The average Bonchev–Trinajstić information content (AvgIpc) is 2.40. The van der Waals surface area contributed by atoms with Crippen LogP contribution >= 0.6 is 15.9 Å². The zero-order valence-corrected chi connectivity index (χ0v) is 13.7.